The van der Waals surface area contributed by atoms with E-state index in [-0.39, 0.29) is 0 Å². The van der Waals surface area contributed by atoms with Gasteiger partial charge >= 0.3 is 269 Å². The first-order chi connectivity index (χ1) is 21.0. The maximum absolute atomic E-state index is 2.77. The first-order valence-electron chi connectivity index (χ1n) is 16.6. The van der Waals surface area contributed by atoms with Gasteiger partial charge in [0.25, 0.3) is 0 Å². The molecule has 43 heavy (non-hydrogen) atoms. The molecule has 0 aliphatic heterocycles. The molecule has 0 unspecified atom stereocenters. The molecule has 0 radical (unpaired) electrons. The molecular weight excluding hydrogens is 596 g/mol. The van der Waals surface area contributed by atoms with E-state index in [0.29, 0.717) is 3.63 Å². The van der Waals surface area contributed by atoms with Crippen molar-refractivity contribution in [2.24, 2.45) is 0 Å². The average molecular weight is 642 g/mol. The van der Waals surface area contributed by atoms with Crippen LogP contribution in [0.5, 0.6) is 0 Å². The van der Waals surface area contributed by atoms with E-state index in [9.17, 15) is 0 Å². The maximum atomic E-state index is 2.55. The standard InChI is InChI=1S/C15H13.C14H23.C13H10.Zr/c1-10-3-5-14-12(7-10)9-13-8-11(2)4-6-15(13)14;1-4-7-12-10-11-13(8-5-2)14(12)9-6-3;1-3-7-12(8-4-1)11-13-9-5-2-6-10-13;/h3-9H,1-2H3;4-10H2,1-3H3;1-10H;. The molecule has 0 aromatic heterocycles. The van der Waals surface area contributed by atoms with Gasteiger partial charge in [0.05, 0.1) is 0 Å². The number of aryl methyl sites for hydroxylation is 2. The van der Waals surface area contributed by atoms with E-state index in [1.807, 2.05) is 3.28 Å². The van der Waals surface area contributed by atoms with Crippen molar-refractivity contribution in [3.63, 3.8) is 0 Å². The predicted octanol–water partition coefficient (Wildman–Crippen LogP) is 11.6. The first kappa shape index (κ1) is 30.2. The van der Waals surface area contributed by atoms with E-state index in [0.717, 1.165) is 0 Å². The Morgan fingerprint density at radius 3 is 1.58 bits per heavy atom. The van der Waals surface area contributed by atoms with E-state index in [2.05, 4.69) is 132 Å². The van der Waals surface area contributed by atoms with Gasteiger partial charge in [-0.3, -0.25) is 0 Å². The zero-order valence-corrected chi connectivity index (χ0v) is 29.2. The Bertz CT molecular complexity index is 1620. The fourth-order valence-electron chi connectivity index (χ4n) is 7.72. The summed E-state index contributed by atoms with van der Waals surface area (Å²) in [6, 6.07) is 37.5. The Morgan fingerprint density at radius 2 is 1.09 bits per heavy atom. The van der Waals surface area contributed by atoms with Crippen LogP contribution in [0.4, 0.5) is 0 Å². The third-order valence-corrected chi connectivity index (χ3v) is 17.9. The van der Waals surface area contributed by atoms with Gasteiger partial charge in [-0.05, 0) is 0 Å². The number of allylic oxidation sites excluding steroid dienone is 4. The van der Waals surface area contributed by atoms with Crippen LogP contribution in [0, 0.1) is 13.8 Å². The van der Waals surface area contributed by atoms with Gasteiger partial charge in [0.1, 0.15) is 0 Å². The fourth-order valence-corrected chi connectivity index (χ4v) is 17.5. The molecule has 0 spiro atoms. The average Bonchev–Trinajstić information content (AvgIpc) is 3.51. The summed E-state index contributed by atoms with van der Waals surface area (Å²) in [7, 11) is 0. The van der Waals surface area contributed by atoms with Gasteiger partial charge in [0.15, 0.2) is 0 Å². The molecule has 0 bridgehead atoms. The van der Waals surface area contributed by atoms with Crippen LogP contribution < -0.4 is 0 Å². The molecule has 0 nitrogen and oxygen atoms in total. The third kappa shape index (κ3) is 5.83. The van der Waals surface area contributed by atoms with Crippen LogP contribution in [-0.4, -0.2) is 3.21 Å². The van der Waals surface area contributed by atoms with E-state index >= 15 is 0 Å². The molecule has 2 aliphatic rings. The minimum atomic E-state index is -2.77. The van der Waals surface area contributed by atoms with Gasteiger partial charge in [-0.1, -0.05) is 0 Å². The second-order valence-corrected chi connectivity index (χ2v) is 18.8. The second kappa shape index (κ2) is 13.4. The zero-order chi connectivity index (χ0) is 29.9. The number of rotatable bonds is 10. The number of hydrogen-bond donors (Lipinski definition) is 0. The molecule has 6 rings (SSSR count). The summed E-state index contributed by atoms with van der Waals surface area (Å²) >= 11 is -2.77. The molecular formula is C42H46Zr. The van der Waals surface area contributed by atoms with Crippen molar-refractivity contribution >= 4 is 3.21 Å². The molecule has 0 amide bonds. The minimum absolute atomic E-state index is 0.466. The van der Waals surface area contributed by atoms with E-state index < -0.39 is 21.3 Å². The van der Waals surface area contributed by atoms with Crippen molar-refractivity contribution in [1.29, 1.82) is 0 Å². The fraction of sp³-hybridized carbons (Fsp3) is 0.310. The Labute approximate surface area is 267 Å². The van der Waals surface area contributed by atoms with E-state index in [1.54, 1.807) is 31.1 Å². The SMILES string of the molecule is CCCC1=C(CCC)C(CCC)=[C]([Zr](=[C](c2ccccc2)c2ccccc2)[CH]2c3cc(C)ccc3-c3ccc(C)cc32)C1. The molecule has 4 aromatic rings. The summed E-state index contributed by atoms with van der Waals surface area (Å²) in [4.78, 5) is 0. The Balaban J connectivity index is 1.76. The summed E-state index contributed by atoms with van der Waals surface area (Å²) in [5.41, 5.74) is 17.0. The van der Waals surface area contributed by atoms with Crippen molar-refractivity contribution in [3.05, 3.63) is 150 Å². The van der Waals surface area contributed by atoms with E-state index in [4.69, 9.17) is 0 Å². The molecule has 1 heteroatoms. The van der Waals surface area contributed by atoms with Crippen molar-refractivity contribution in [1.82, 2.24) is 0 Å². The van der Waals surface area contributed by atoms with Gasteiger partial charge in [0, 0.05) is 0 Å². The zero-order valence-electron chi connectivity index (χ0n) is 26.8. The van der Waals surface area contributed by atoms with Gasteiger partial charge in [0.2, 0.25) is 0 Å². The molecule has 0 atom stereocenters. The topological polar surface area (TPSA) is 0 Å². The molecule has 0 saturated heterocycles. The van der Waals surface area contributed by atoms with Crippen LogP contribution >= 0.6 is 0 Å². The molecule has 4 aromatic carbocycles. The quantitative estimate of drug-likeness (QED) is 0.162. The third-order valence-electron chi connectivity index (χ3n) is 9.43. The van der Waals surface area contributed by atoms with Crippen LogP contribution in [0.3, 0.4) is 0 Å². The van der Waals surface area contributed by atoms with Crippen molar-refractivity contribution in [2.45, 2.75) is 83.2 Å². The summed E-state index contributed by atoms with van der Waals surface area (Å²) in [6.45, 7) is 11.7. The van der Waals surface area contributed by atoms with Crippen molar-refractivity contribution in [2.75, 3.05) is 0 Å². The molecule has 0 saturated carbocycles. The van der Waals surface area contributed by atoms with Crippen molar-refractivity contribution < 1.29 is 21.3 Å². The van der Waals surface area contributed by atoms with Gasteiger partial charge in [-0.25, -0.2) is 0 Å². The number of benzene rings is 4. The van der Waals surface area contributed by atoms with Crippen molar-refractivity contribution in [3.8, 4) is 11.1 Å². The van der Waals surface area contributed by atoms with Crippen LogP contribution in [-0.2, 0) is 21.3 Å². The monoisotopic (exact) mass is 640 g/mol. The number of fused-ring (bicyclic) bond motifs is 3. The van der Waals surface area contributed by atoms with Crippen LogP contribution in [0.25, 0.3) is 11.1 Å². The Morgan fingerprint density at radius 1 is 0.605 bits per heavy atom. The van der Waals surface area contributed by atoms with Crippen LogP contribution in [0.15, 0.2) is 117 Å². The summed E-state index contributed by atoms with van der Waals surface area (Å²) in [5.74, 6) is 0. The molecule has 0 fully saturated rings. The predicted molar refractivity (Wildman–Crippen MR) is 183 cm³/mol. The summed E-state index contributed by atoms with van der Waals surface area (Å²) < 4.78 is 4.02. The van der Waals surface area contributed by atoms with E-state index in [1.165, 1.54) is 78.3 Å². The van der Waals surface area contributed by atoms with Crippen LogP contribution in [0.2, 0.25) is 0 Å². The van der Waals surface area contributed by atoms with Crippen LogP contribution in [0.1, 0.15) is 103 Å². The molecule has 2 aliphatic carbocycles. The molecule has 0 heterocycles. The summed E-state index contributed by atoms with van der Waals surface area (Å²) in [6.07, 6.45) is 8.56. The number of hydrogen-bond acceptors (Lipinski definition) is 0. The first-order valence-corrected chi connectivity index (χ1v) is 20.4. The second-order valence-electron chi connectivity index (χ2n) is 12.6. The normalized spacial score (nSPS) is 14.3. The summed E-state index contributed by atoms with van der Waals surface area (Å²) in [5, 5.41) is 0. The van der Waals surface area contributed by atoms with Gasteiger partial charge in [-0.15, -0.1) is 0 Å². The Hall–Kier alpha value is -2.89. The molecule has 0 N–H and O–H groups in total. The Kier molecular flexibility index (Phi) is 9.40. The van der Waals surface area contributed by atoms with Gasteiger partial charge in [-0.2, -0.15) is 0 Å². The molecule has 218 valence electrons. The van der Waals surface area contributed by atoms with Gasteiger partial charge < -0.3 is 0 Å².